The van der Waals surface area contributed by atoms with E-state index in [9.17, 15) is 32.9 Å². The van der Waals surface area contributed by atoms with Crippen molar-refractivity contribution in [2.45, 2.75) is 24.7 Å². The average Bonchev–Trinajstić information content (AvgIpc) is 3.04. The van der Waals surface area contributed by atoms with E-state index in [0.29, 0.717) is 18.0 Å². The van der Waals surface area contributed by atoms with Gasteiger partial charge in [0.25, 0.3) is 17.5 Å². The Morgan fingerprint density at radius 2 is 1.85 bits per heavy atom. The van der Waals surface area contributed by atoms with Gasteiger partial charge in [-0.25, -0.2) is 8.42 Å². The van der Waals surface area contributed by atoms with Crippen molar-refractivity contribution in [2.75, 3.05) is 25.0 Å². The Labute approximate surface area is 195 Å². The molecule has 1 unspecified atom stereocenters. The van der Waals surface area contributed by atoms with E-state index in [1.807, 2.05) is 6.92 Å². The Bertz CT molecular complexity index is 1290. The highest BCUT2D eigenvalue weighted by molar-refractivity contribution is 7.89. The fourth-order valence-electron chi connectivity index (χ4n) is 4.18. The molecule has 34 heavy (non-hydrogen) atoms. The number of fused-ring (bicyclic) bond motifs is 1. The number of nitro groups is 1. The number of amides is 3. The van der Waals surface area contributed by atoms with E-state index in [1.165, 1.54) is 40.7 Å². The van der Waals surface area contributed by atoms with Gasteiger partial charge in [-0.1, -0.05) is 13.0 Å². The summed E-state index contributed by atoms with van der Waals surface area (Å²) in [6.07, 6.45) is 1.78. The first-order valence-corrected chi connectivity index (χ1v) is 12.1. The average molecular weight is 487 g/mol. The van der Waals surface area contributed by atoms with Crippen LogP contribution in [-0.4, -0.2) is 59.9 Å². The third-order valence-corrected chi connectivity index (χ3v) is 7.75. The van der Waals surface area contributed by atoms with E-state index in [4.69, 9.17) is 0 Å². The van der Waals surface area contributed by atoms with Crippen LogP contribution in [0.4, 0.5) is 11.4 Å². The van der Waals surface area contributed by atoms with E-state index in [-0.39, 0.29) is 27.6 Å². The fourth-order valence-corrected chi connectivity index (χ4v) is 5.78. The number of hydrogen-bond donors (Lipinski definition) is 1. The predicted molar refractivity (Wildman–Crippen MR) is 121 cm³/mol. The second-order valence-corrected chi connectivity index (χ2v) is 10.3. The van der Waals surface area contributed by atoms with Crippen molar-refractivity contribution in [1.82, 2.24) is 9.21 Å². The van der Waals surface area contributed by atoms with Crippen LogP contribution < -0.4 is 5.32 Å². The summed E-state index contributed by atoms with van der Waals surface area (Å²) in [6.45, 7) is 2.28. The third kappa shape index (κ3) is 4.29. The molecule has 1 saturated heterocycles. The quantitative estimate of drug-likeness (QED) is 0.374. The van der Waals surface area contributed by atoms with E-state index in [2.05, 4.69) is 5.32 Å². The van der Waals surface area contributed by atoms with Gasteiger partial charge in [0, 0.05) is 24.8 Å². The van der Waals surface area contributed by atoms with Crippen molar-refractivity contribution in [3.8, 4) is 0 Å². The second-order valence-electron chi connectivity index (χ2n) is 8.34. The summed E-state index contributed by atoms with van der Waals surface area (Å²) < 4.78 is 27.2. The van der Waals surface area contributed by atoms with Crippen molar-refractivity contribution in [1.29, 1.82) is 0 Å². The molecule has 0 radical (unpaired) electrons. The number of piperidine rings is 1. The smallest absolute Gasteiger partial charge is 0.282 e. The summed E-state index contributed by atoms with van der Waals surface area (Å²) in [5.41, 5.74) is -0.697. The monoisotopic (exact) mass is 486 g/mol. The fraction of sp³-hybridized carbons (Fsp3) is 0.318. The second kappa shape index (κ2) is 8.95. The number of nitrogens with one attached hydrogen (secondary N) is 1. The summed E-state index contributed by atoms with van der Waals surface area (Å²) in [4.78, 5) is 48.8. The molecule has 0 aromatic heterocycles. The number of rotatable bonds is 6. The SMILES string of the molecule is CC1CCCN(S(=O)(=O)c2ccc(NC(=O)CN3C(=O)c4cccc([N+](=O)[O-])c4C3=O)cc2)C1. The van der Waals surface area contributed by atoms with Gasteiger partial charge in [-0.2, -0.15) is 4.31 Å². The molecule has 2 aromatic carbocycles. The first kappa shape index (κ1) is 23.5. The van der Waals surface area contributed by atoms with E-state index < -0.39 is 44.9 Å². The lowest BCUT2D eigenvalue weighted by Crippen LogP contribution is -2.39. The summed E-state index contributed by atoms with van der Waals surface area (Å²) in [7, 11) is -3.65. The first-order valence-electron chi connectivity index (χ1n) is 10.6. The van der Waals surface area contributed by atoms with Gasteiger partial charge >= 0.3 is 0 Å². The minimum atomic E-state index is -3.65. The summed E-state index contributed by atoms with van der Waals surface area (Å²) in [6, 6.07) is 9.32. The molecule has 178 valence electrons. The van der Waals surface area contributed by atoms with Gasteiger partial charge in [-0.3, -0.25) is 29.4 Å². The Kier molecular flexibility index (Phi) is 6.19. The van der Waals surface area contributed by atoms with Gasteiger partial charge < -0.3 is 5.32 Å². The number of nitro benzene ring substituents is 1. The van der Waals surface area contributed by atoms with Crippen molar-refractivity contribution in [3.05, 3.63) is 63.7 Å². The van der Waals surface area contributed by atoms with E-state index in [0.717, 1.165) is 18.9 Å². The molecule has 12 heteroatoms. The third-order valence-electron chi connectivity index (χ3n) is 5.87. The number of benzene rings is 2. The molecule has 0 bridgehead atoms. The molecule has 2 aromatic rings. The lowest BCUT2D eigenvalue weighted by molar-refractivity contribution is -0.385. The van der Waals surface area contributed by atoms with Crippen molar-refractivity contribution < 1.29 is 27.7 Å². The minimum Gasteiger partial charge on any atom is -0.325 e. The van der Waals surface area contributed by atoms with Gasteiger partial charge in [0.15, 0.2) is 0 Å². The van der Waals surface area contributed by atoms with E-state index >= 15 is 0 Å². The first-order chi connectivity index (χ1) is 16.1. The van der Waals surface area contributed by atoms with E-state index in [1.54, 1.807) is 0 Å². The number of nitrogens with zero attached hydrogens (tertiary/aromatic N) is 3. The van der Waals surface area contributed by atoms with Crippen molar-refractivity contribution in [2.24, 2.45) is 5.92 Å². The summed E-state index contributed by atoms with van der Waals surface area (Å²) in [5, 5.41) is 13.7. The maximum Gasteiger partial charge on any atom is 0.282 e. The molecule has 4 rings (SSSR count). The Morgan fingerprint density at radius 3 is 2.50 bits per heavy atom. The molecule has 0 aliphatic carbocycles. The van der Waals surface area contributed by atoms with Crippen LogP contribution in [0.2, 0.25) is 0 Å². The molecular weight excluding hydrogens is 464 g/mol. The topological polar surface area (TPSA) is 147 Å². The number of carbonyl (C=O) groups excluding carboxylic acids is 3. The Morgan fingerprint density at radius 1 is 1.15 bits per heavy atom. The van der Waals surface area contributed by atoms with Crippen LogP contribution in [0.5, 0.6) is 0 Å². The zero-order valence-corrected chi connectivity index (χ0v) is 19.1. The number of sulfonamides is 1. The zero-order chi connectivity index (χ0) is 24.6. The van der Waals surface area contributed by atoms with Crippen LogP contribution in [0.3, 0.4) is 0 Å². The van der Waals surface area contributed by atoms with Crippen LogP contribution in [0.25, 0.3) is 0 Å². The Balaban J connectivity index is 1.44. The van der Waals surface area contributed by atoms with Crippen LogP contribution in [0.1, 0.15) is 40.5 Å². The van der Waals surface area contributed by atoms with Gasteiger partial charge in [0.2, 0.25) is 15.9 Å². The molecule has 0 spiro atoms. The largest absolute Gasteiger partial charge is 0.325 e. The van der Waals surface area contributed by atoms with Crippen LogP contribution in [0, 0.1) is 16.0 Å². The molecule has 2 heterocycles. The molecule has 2 aliphatic heterocycles. The predicted octanol–water partition coefficient (Wildman–Crippen LogP) is 2.25. The molecule has 1 fully saturated rings. The number of anilines is 1. The molecule has 0 saturated carbocycles. The summed E-state index contributed by atoms with van der Waals surface area (Å²) >= 11 is 0. The molecule has 2 aliphatic rings. The molecular formula is C22H22N4O7S. The number of carbonyl (C=O) groups is 3. The lowest BCUT2D eigenvalue weighted by atomic mass is 10.0. The molecule has 1 N–H and O–H groups in total. The van der Waals surface area contributed by atoms with Gasteiger partial charge in [-0.05, 0) is 49.1 Å². The van der Waals surface area contributed by atoms with Crippen LogP contribution >= 0.6 is 0 Å². The Hall–Kier alpha value is -3.64. The van der Waals surface area contributed by atoms with Crippen molar-refractivity contribution in [3.63, 3.8) is 0 Å². The zero-order valence-electron chi connectivity index (χ0n) is 18.3. The van der Waals surface area contributed by atoms with Gasteiger partial charge in [0.05, 0.1) is 15.4 Å². The highest BCUT2D eigenvalue weighted by atomic mass is 32.2. The van der Waals surface area contributed by atoms with Gasteiger partial charge in [0.1, 0.15) is 12.1 Å². The van der Waals surface area contributed by atoms with Crippen LogP contribution in [-0.2, 0) is 14.8 Å². The molecule has 11 nitrogen and oxygen atoms in total. The van der Waals surface area contributed by atoms with Gasteiger partial charge in [-0.15, -0.1) is 0 Å². The summed E-state index contributed by atoms with van der Waals surface area (Å²) in [5.74, 6) is -2.14. The standard InChI is InChI=1S/C22H22N4O7S/c1-14-4-3-11-24(12-14)34(32,33)16-9-7-15(8-10-16)23-19(27)13-25-21(28)17-5-2-6-18(26(30)31)20(17)22(25)29/h2,5-10,14H,3-4,11-13H2,1H3,(H,23,27). The van der Waals surface area contributed by atoms with Crippen LogP contribution in [0.15, 0.2) is 47.4 Å². The maximum atomic E-state index is 12.9. The molecule has 1 atom stereocenters. The number of hydrogen-bond acceptors (Lipinski definition) is 7. The normalized spacial score (nSPS) is 18.6. The highest BCUT2D eigenvalue weighted by Crippen LogP contribution is 2.30. The minimum absolute atomic E-state index is 0.104. The molecule has 3 amide bonds. The number of imide groups is 1. The maximum absolute atomic E-state index is 12.9. The highest BCUT2D eigenvalue weighted by Gasteiger charge is 2.41. The van der Waals surface area contributed by atoms with Crippen molar-refractivity contribution >= 4 is 39.1 Å². The lowest BCUT2D eigenvalue weighted by Gasteiger charge is -2.30.